The Morgan fingerprint density at radius 1 is 1.04 bits per heavy atom. The van der Waals surface area contributed by atoms with Crippen molar-refractivity contribution in [2.24, 2.45) is 11.0 Å². The van der Waals surface area contributed by atoms with Crippen LogP contribution >= 0.6 is 0 Å². The van der Waals surface area contributed by atoms with Crippen LogP contribution in [0.15, 0.2) is 77.9 Å². The molecule has 0 aliphatic carbocycles. The van der Waals surface area contributed by atoms with E-state index in [0.717, 1.165) is 21.9 Å². The van der Waals surface area contributed by atoms with E-state index in [1.807, 2.05) is 66.7 Å². The van der Waals surface area contributed by atoms with Crippen molar-refractivity contribution in [3.05, 3.63) is 83.9 Å². The second-order valence-corrected chi connectivity index (χ2v) is 7.00. The van der Waals surface area contributed by atoms with Gasteiger partial charge in [0.2, 0.25) is 11.8 Å². The third kappa shape index (κ3) is 4.09. The fourth-order valence-corrected chi connectivity index (χ4v) is 3.45. The molecule has 0 radical (unpaired) electrons. The Bertz CT molecular complexity index is 1030. The molecule has 0 spiro atoms. The zero-order valence-electron chi connectivity index (χ0n) is 15.4. The van der Waals surface area contributed by atoms with E-state index in [2.05, 4.69) is 16.6 Å². The molecule has 28 heavy (non-hydrogen) atoms. The van der Waals surface area contributed by atoms with Crippen LogP contribution in [0.2, 0.25) is 0 Å². The van der Waals surface area contributed by atoms with Crippen molar-refractivity contribution < 1.29 is 9.59 Å². The zero-order valence-corrected chi connectivity index (χ0v) is 15.4. The summed E-state index contributed by atoms with van der Waals surface area (Å²) >= 11 is 0. The van der Waals surface area contributed by atoms with Gasteiger partial charge < -0.3 is 4.90 Å². The molecule has 0 bridgehead atoms. The summed E-state index contributed by atoms with van der Waals surface area (Å²) in [5, 5.41) is 6.35. The average molecular weight is 371 g/mol. The maximum Gasteiger partial charge on any atom is 0.245 e. The smallest absolute Gasteiger partial charge is 0.245 e. The highest BCUT2D eigenvalue weighted by atomic mass is 16.2. The molecule has 5 nitrogen and oxygen atoms in total. The van der Waals surface area contributed by atoms with Gasteiger partial charge in [-0.25, -0.2) is 5.43 Å². The molecule has 3 aromatic rings. The first kappa shape index (κ1) is 17.9. The molecule has 2 amide bonds. The molecule has 1 unspecified atom stereocenters. The van der Waals surface area contributed by atoms with Gasteiger partial charge in [-0.05, 0) is 28.0 Å². The van der Waals surface area contributed by atoms with Gasteiger partial charge in [-0.3, -0.25) is 9.59 Å². The number of amides is 2. The monoisotopic (exact) mass is 371 g/mol. The normalized spacial score (nSPS) is 16.8. The first-order chi connectivity index (χ1) is 13.7. The van der Waals surface area contributed by atoms with Gasteiger partial charge in [0.1, 0.15) is 0 Å². The summed E-state index contributed by atoms with van der Waals surface area (Å²) in [6, 6.07) is 23.9. The van der Waals surface area contributed by atoms with Crippen LogP contribution < -0.4 is 5.43 Å². The number of hydrazone groups is 1. The third-order valence-electron chi connectivity index (χ3n) is 4.96. The minimum Gasteiger partial charge on any atom is -0.338 e. The second kappa shape index (κ2) is 8.05. The van der Waals surface area contributed by atoms with E-state index < -0.39 is 0 Å². The first-order valence-electron chi connectivity index (χ1n) is 9.32. The molecule has 1 aliphatic heterocycles. The highest BCUT2D eigenvalue weighted by molar-refractivity contribution is 5.92. The first-order valence-corrected chi connectivity index (χ1v) is 9.32. The van der Waals surface area contributed by atoms with E-state index >= 15 is 0 Å². The fourth-order valence-electron chi connectivity index (χ4n) is 3.45. The van der Waals surface area contributed by atoms with E-state index in [1.54, 1.807) is 11.1 Å². The quantitative estimate of drug-likeness (QED) is 0.552. The molecular formula is C23H21N3O2. The number of carbonyl (C=O) groups is 2. The van der Waals surface area contributed by atoms with Crippen LogP contribution in [-0.4, -0.2) is 29.5 Å². The Kier molecular flexibility index (Phi) is 5.15. The number of nitrogens with one attached hydrogen (secondary N) is 1. The van der Waals surface area contributed by atoms with Crippen molar-refractivity contribution in [3.63, 3.8) is 0 Å². The summed E-state index contributed by atoms with van der Waals surface area (Å²) in [6.07, 6.45) is 1.85. The Balaban J connectivity index is 1.34. The summed E-state index contributed by atoms with van der Waals surface area (Å²) in [7, 11) is 0. The van der Waals surface area contributed by atoms with Crippen LogP contribution in [0.25, 0.3) is 10.8 Å². The van der Waals surface area contributed by atoms with E-state index in [0.29, 0.717) is 13.1 Å². The predicted molar refractivity (Wildman–Crippen MR) is 110 cm³/mol. The zero-order chi connectivity index (χ0) is 19.3. The number of likely N-dealkylation sites (tertiary alicyclic amines) is 1. The van der Waals surface area contributed by atoms with Gasteiger partial charge in [0.15, 0.2) is 0 Å². The highest BCUT2D eigenvalue weighted by Crippen LogP contribution is 2.20. The molecule has 1 N–H and O–H groups in total. The average Bonchev–Trinajstić information content (AvgIpc) is 3.09. The molecule has 0 aromatic heterocycles. The summed E-state index contributed by atoms with van der Waals surface area (Å²) in [6.45, 7) is 0.953. The number of fused-ring (bicyclic) bond motifs is 1. The number of carbonyl (C=O) groups excluding carboxylic acids is 2. The van der Waals surface area contributed by atoms with E-state index in [-0.39, 0.29) is 24.2 Å². The van der Waals surface area contributed by atoms with Crippen molar-refractivity contribution in [3.8, 4) is 0 Å². The van der Waals surface area contributed by atoms with Crippen molar-refractivity contribution in [1.82, 2.24) is 10.3 Å². The van der Waals surface area contributed by atoms with Crippen LogP contribution in [0.1, 0.15) is 17.5 Å². The Labute approximate surface area is 163 Å². The summed E-state index contributed by atoms with van der Waals surface area (Å²) in [5.41, 5.74) is 4.55. The number of nitrogens with zero attached hydrogens (tertiary/aromatic N) is 2. The number of hydrogen-bond acceptors (Lipinski definition) is 3. The van der Waals surface area contributed by atoms with Crippen molar-refractivity contribution >= 4 is 28.8 Å². The summed E-state index contributed by atoms with van der Waals surface area (Å²) < 4.78 is 0. The van der Waals surface area contributed by atoms with Crippen molar-refractivity contribution in [2.75, 3.05) is 6.54 Å². The van der Waals surface area contributed by atoms with Gasteiger partial charge in [-0.1, -0.05) is 66.7 Å². The summed E-state index contributed by atoms with van der Waals surface area (Å²) in [4.78, 5) is 26.3. The minimum atomic E-state index is -0.370. The molecule has 3 aromatic carbocycles. The molecule has 0 saturated carbocycles. The molecule has 1 atom stereocenters. The number of hydrogen-bond donors (Lipinski definition) is 1. The SMILES string of the molecule is O=C(N/N=C/c1ccc2ccccc2c1)C1CC(=O)N(Cc2ccccc2)C1. The Morgan fingerprint density at radius 3 is 2.61 bits per heavy atom. The lowest BCUT2D eigenvalue weighted by Crippen LogP contribution is -2.30. The predicted octanol–water partition coefficient (Wildman–Crippen LogP) is 3.34. The van der Waals surface area contributed by atoms with Gasteiger partial charge in [0.05, 0.1) is 12.1 Å². The second-order valence-electron chi connectivity index (χ2n) is 7.00. The molecule has 5 heteroatoms. The standard InChI is InChI=1S/C23H21N3O2/c27-22-13-21(16-26(22)15-17-6-2-1-3-7-17)23(28)25-24-14-18-10-11-19-8-4-5-9-20(19)12-18/h1-12,14,21H,13,15-16H2,(H,25,28)/b24-14+. The van der Waals surface area contributed by atoms with Crippen molar-refractivity contribution in [1.29, 1.82) is 0 Å². The van der Waals surface area contributed by atoms with Gasteiger partial charge >= 0.3 is 0 Å². The largest absolute Gasteiger partial charge is 0.338 e. The lowest BCUT2D eigenvalue weighted by atomic mass is 10.1. The Morgan fingerprint density at radius 2 is 1.79 bits per heavy atom. The van der Waals surface area contributed by atoms with E-state index in [1.165, 1.54) is 0 Å². The van der Waals surface area contributed by atoms with Gasteiger partial charge in [-0.2, -0.15) is 5.10 Å². The van der Waals surface area contributed by atoms with E-state index in [9.17, 15) is 9.59 Å². The van der Waals surface area contributed by atoms with Crippen LogP contribution in [-0.2, 0) is 16.1 Å². The van der Waals surface area contributed by atoms with Gasteiger partial charge in [0, 0.05) is 19.5 Å². The summed E-state index contributed by atoms with van der Waals surface area (Å²) in [5.74, 6) is -0.589. The van der Waals surface area contributed by atoms with Crippen LogP contribution in [0.5, 0.6) is 0 Å². The van der Waals surface area contributed by atoms with Crippen LogP contribution in [0.4, 0.5) is 0 Å². The Hall–Kier alpha value is -3.47. The number of benzene rings is 3. The van der Waals surface area contributed by atoms with E-state index in [4.69, 9.17) is 0 Å². The molecule has 4 rings (SSSR count). The minimum absolute atomic E-state index is 0.00233. The third-order valence-corrected chi connectivity index (χ3v) is 4.96. The lowest BCUT2D eigenvalue weighted by molar-refractivity contribution is -0.129. The van der Waals surface area contributed by atoms with Crippen LogP contribution in [0, 0.1) is 5.92 Å². The maximum absolute atomic E-state index is 12.4. The molecule has 1 aliphatic rings. The maximum atomic E-state index is 12.4. The molecule has 1 saturated heterocycles. The molecule has 1 heterocycles. The highest BCUT2D eigenvalue weighted by Gasteiger charge is 2.34. The lowest BCUT2D eigenvalue weighted by Gasteiger charge is -2.16. The molecular weight excluding hydrogens is 350 g/mol. The van der Waals surface area contributed by atoms with Gasteiger partial charge in [0.25, 0.3) is 0 Å². The van der Waals surface area contributed by atoms with Crippen molar-refractivity contribution in [2.45, 2.75) is 13.0 Å². The molecule has 1 fully saturated rings. The van der Waals surface area contributed by atoms with Crippen LogP contribution in [0.3, 0.4) is 0 Å². The fraction of sp³-hybridized carbons (Fsp3) is 0.174. The van der Waals surface area contributed by atoms with Gasteiger partial charge in [-0.15, -0.1) is 0 Å². The molecule has 140 valence electrons. The number of rotatable bonds is 5. The topological polar surface area (TPSA) is 61.8 Å².